The number of carbonyl (C=O) groups is 1. The molecule has 0 aromatic rings. The van der Waals surface area contributed by atoms with Crippen molar-refractivity contribution >= 4 is 16.9 Å². The number of aliphatic hydroxyl groups excluding tert-OH is 1. The van der Waals surface area contributed by atoms with Gasteiger partial charge >= 0.3 is 0 Å². The van der Waals surface area contributed by atoms with E-state index in [1.54, 1.807) is 0 Å². The SMILES string of the molecule is CCCCCC(O)C(C)(C)C(=O)SCC. The molecule has 90 valence electrons. The fraction of sp³-hybridized carbons (Fsp3) is 0.917. The van der Waals surface area contributed by atoms with E-state index < -0.39 is 11.5 Å². The third-order valence-corrected chi connectivity index (χ3v) is 3.79. The number of aliphatic hydroxyl groups is 1. The Hall–Kier alpha value is -0.0200. The molecule has 0 aromatic heterocycles. The topological polar surface area (TPSA) is 37.3 Å². The Balaban J connectivity index is 4.12. The quantitative estimate of drug-likeness (QED) is 0.685. The fourth-order valence-electron chi connectivity index (χ4n) is 1.40. The lowest BCUT2D eigenvalue weighted by molar-refractivity contribution is -0.123. The maximum atomic E-state index is 11.7. The highest BCUT2D eigenvalue weighted by molar-refractivity contribution is 8.13. The van der Waals surface area contributed by atoms with Gasteiger partial charge in [0.1, 0.15) is 0 Å². The third kappa shape index (κ3) is 5.03. The van der Waals surface area contributed by atoms with Gasteiger partial charge in [-0.3, -0.25) is 4.79 Å². The third-order valence-electron chi connectivity index (χ3n) is 2.72. The lowest BCUT2D eigenvalue weighted by atomic mass is 9.85. The van der Waals surface area contributed by atoms with Crippen LogP contribution in [0.1, 0.15) is 53.4 Å². The van der Waals surface area contributed by atoms with Crippen LogP contribution in [-0.4, -0.2) is 22.1 Å². The van der Waals surface area contributed by atoms with Crippen LogP contribution in [0.3, 0.4) is 0 Å². The lowest BCUT2D eigenvalue weighted by Crippen LogP contribution is -2.35. The number of carbonyl (C=O) groups excluding carboxylic acids is 1. The molecule has 0 aromatic carbocycles. The summed E-state index contributed by atoms with van der Waals surface area (Å²) in [5.41, 5.74) is -0.603. The maximum absolute atomic E-state index is 11.7. The summed E-state index contributed by atoms with van der Waals surface area (Å²) in [6.45, 7) is 7.78. The highest BCUT2D eigenvalue weighted by atomic mass is 32.2. The van der Waals surface area contributed by atoms with Gasteiger partial charge in [-0.15, -0.1) is 0 Å². The Bertz CT molecular complexity index is 190. The Kier molecular flexibility index (Phi) is 7.28. The van der Waals surface area contributed by atoms with Crippen molar-refractivity contribution in [1.29, 1.82) is 0 Å². The Morgan fingerprint density at radius 2 is 1.93 bits per heavy atom. The largest absolute Gasteiger partial charge is 0.392 e. The molecule has 0 saturated carbocycles. The van der Waals surface area contributed by atoms with Crippen molar-refractivity contribution in [2.24, 2.45) is 5.41 Å². The van der Waals surface area contributed by atoms with Gasteiger partial charge in [-0.1, -0.05) is 44.9 Å². The summed E-state index contributed by atoms with van der Waals surface area (Å²) in [6, 6.07) is 0. The van der Waals surface area contributed by atoms with Crippen LogP contribution in [0.15, 0.2) is 0 Å². The minimum atomic E-state index is -0.603. The van der Waals surface area contributed by atoms with Gasteiger partial charge in [-0.05, 0) is 26.0 Å². The molecule has 1 N–H and O–H groups in total. The minimum Gasteiger partial charge on any atom is -0.392 e. The van der Waals surface area contributed by atoms with E-state index in [0.29, 0.717) is 0 Å². The zero-order valence-corrected chi connectivity index (χ0v) is 11.2. The first kappa shape index (κ1) is 15.0. The van der Waals surface area contributed by atoms with Crippen LogP contribution in [0.4, 0.5) is 0 Å². The van der Waals surface area contributed by atoms with Crippen molar-refractivity contribution in [2.45, 2.75) is 59.5 Å². The molecule has 0 bridgehead atoms. The molecular formula is C12H24O2S. The van der Waals surface area contributed by atoms with Gasteiger partial charge in [-0.25, -0.2) is 0 Å². The molecule has 0 aliphatic heterocycles. The first-order valence-corrected chi connectivity index (χ1v) is 6.80. The number of hydrogen-bond donors (Lipinski definition) is 1. The smallest absolute Gasteiger partial charge is 0.197 e. The van der Waals surface area contributed by atoms with Crippen LogP contribution in [0, 0.1) is 5.41 Å². The fourth-order valence-corrected chi connectivity index (χ4v) is 2.17. The van der Waals surface area contributed by atoms with Crippen LogP contribution in [0.5, 0.6) is 0 Å². The molecule has 0 aliphatic carbocycles. The van der Waals surface area contributed by atoms with Crippen LogP contribution in [-0.2, 0) is 4.79 Å². The minimum absolute atomic E-state index is 0.106. The molecule has 0 saturated heterocycles. The van der Waals surface area contributed by atoms with E-state index in [-0.39, 0.29) is 5.12 Å². The summed E-state index contributed by atoms with van der Waals surface area (Å²) in [4.78, 5) is 11.7. The van der Waals surface area contributed by atoms with Crippen LogP contribution in [0.2, 0.25) is 0 Å². The average Bonchev–Trinajstić information content (AvgIpc) is 2.18. The van der Waals surface area contributed by atoms with Crippen LogP contribution < -0.4 is 0 Å². The summed E-state index contributed by atoms with van der Waals surface area (Å²) >= 11 is 1.31. The molecular weight excluding hydrogens is 208 g/mol. The summed E-state index contributed by atoms with van der Waals surface area (Å²) in [6.07, 6.45) is 3.50. The zero-order chi connectivity index (χ0) is 11.9. The van der Waals surface area contributed by atoms with E-state index in [1.807, 2.05) is 20.8 Å². The van der Waals surface area contributed by atoms with Crippen molar-refractivity contribution in [3.8, 4) is 0 Å². The number of unbranched alkanes of at least 4 members (excludes halogenated alkanes) is 2. The molecule has 2 nitrogen and oxygen atoms in total. The predicted molar refractivity (Wildman–Crippen MR) is 67.1 cm³/mol. The number of thioether (sulfide) groups is 1. The molecule has 0 fully saturated rings. The van der Waals surface area contributed by atoms with Crippen LogP contribution in [0.25, 0.3) is 0 Å². The van der Waals surface area contributed by atoms with Crippen LogP contribution >= 0.6 is 11.8 Å². The molecule has 3 heteroatoms. The number of rotatable bonds is 7. The summed E-state index contributed by atoms with van der Waals surface area (Å²) in [5, 5.41) is 10.1. The standard InChI is InChI=1S/C12H24O2S/c1-5-7-8-9-10(13)12(3,4)11(14)15-6-2/h10,13H,5-9H2,1-4H3. The molecule has 1 unspecified atom stereocenters. The Labute approximate surface area is 97.8 Å². The highest BCUT2D eigenvalue weighted by Gasteiger charge is 2.34. The van der Waals surface area contributed by atoms with Gasteiger partial charge in [0.15, 0.2) is 5.12 Å². The van der Waals surface area contributed by atoms with Gasteiger partial charge in [0.25, 0.3) is 0 Å². The molecule has 0 rings (SSSR count). The van der Waals surface area contributed by atoms with Crippen molar-refractivity contribution in [3.05, 3.63) is 0 Å². The zero-order valence-electron chi connectivity index (χ0n) is 10.4. The molecule has 0 radical (unpaired) electrons. The van der Waals surface area contributed by atoms with E-state index in [0.717, 1.165) is 31.4 Å². The Morgan fingerprint density at radius 1 is 1.33 bits per heavy atom. The second-order valence-electron chi connectivity index (χ2n) is 4.45. The summed E-state index contributed by atoms with van der Waals surface area (Å²) in [5.74, 6) is 0.782. The second kappa shape index (κ2) is 7.29. The summed E-state index contributed by atoms with van der Waals surface area (Å²) < 4.78 is 0. The predicted octanol–water partition coefficient (Wildman–Crippen LogP) is 3.23. The van der Waals surface area contributed by atoms with E-state index in [4.69, 9.17) is 0 Å². The van der Waals surface area contributed by atoms with Crippen molar-refractivity contribution < 1.29 is 9.90 Å². The molecule has 0 amide bonds. The molecule has 0 heterocycles. The average molecular weight is 232 g/mol. The summed E-state index contributed by atoms with van der Waals surface area (Å²) in [7, 11) is 0. The Morgan fingerprint density at radius 3 is 2.40 bits per heavy atom. The molecule has 1 atom stereocenters. The van der Waals surface area contributed by atoms with Gasteiger partial charge in [0.2, 0.25) is 0 Å². The highest BCUT2D eigenvalue weighted by Crippen LogP contribution is 2.30. The molecule has 0 aliphatic rings. The van der Waals surface area contributed by atoms with Crippen molar-refractivity contribution in [2.75, 3.05) is 5.75 Å². The van der Waals surface area contributed by atoms with Crippen molar-refractivity contribution in [1.82, 2.24) is 0 Å². The van der Waals surface area contributed by atoms with Gasteiger partial charge in [0.05, 0.1) is 11.5 Å². The van der Waals surface area contributed by atoms with Gasteiger partial charge in [0, 0.05) is 0 Å². The molecule has 15 heavy (non-hydrogen) atoms. The van der Waals surface area contributed by atoms with Crippen molar-refractivity contribution in [3.63, 3.8) is 0 Å². The van der Waals surface area contributed by atoms with E-state index in [9.17, 15) is 9.90 Å². The normalized spacial score (nSPS) is 13.9. The van der Waals surface area contributed by atoms with E-state index in [2.05, 4.69) is 6.92 Å². The first-order valence-electron chi connectivity index (χ1n) is 5.82. The van der Waals surface area contributed by atoms with E-state index >= 15 is 0 Å². The van der Waals surface area contributed by atoms with E-state index in [1.165, 1.54) is 11.8 Å². The van der Waals surface area contributed by atoms with Gasteiger partial charge < -0.3 is 5.11 Å². The monoisotopic (exact) mass is 232 g/mol. The molecule has 0 spiro atoms. The maximum Gasteiger partial charge on any atom is 0.197 e. The lowest BCUT2D eigenvalue weighted by Gasteiger charge is -2.28. The number of hydrogen-bond acceptors (Lipinski definition) is 3. The van der Waals surface area contributed by atoms with Gasteiger partial charge in [-0.2, -0.15) is 0 Å². The first-order chi connectivity index (χ1) is 6.96. The second-order valence-corrected chi connectivity index (χ2v) is 5.69.